The molecule has 8 heterocycles. The number of nitrogens with one attached hydrogen (secondary N) is 3. The number of H-pyrrole nitrogens is 3. The van der Waals surface area contributed by atoms with E-state index in [1.54, 1.807) is 0 Å². The highest BCUT2D eigenvalue weighted by Gasteiger charge is 2.34. The summed E-state index contributed by atoms with van der Waals surface area (Å²) >= 11 is 0. The Hall–Kier alpha value is -9.00. The molecule has 0 amide bonds. The van der Waals surface area contributed by atoms with Crippen molar-refractivity contribution in [2.75, 3.05) is 0 Å². The lowest BCUT2D eigenvalue weighted by Crippen LogP contribution is -2.05. The molecule has 3 N–H and O–H groups in total. The van der Waals surface area contributed by atoms with Gasteiger partial charge in [0.1, 0.15) is 0 Å². The first-order chi connectivity index (χ1) is 34.2. The smallest absolute Gasteiger partial charge is 0.172 e. The number of pyridine rings is 3. The molecular weight excluding hydrogens is 951 g/mol. The molecule has 19 heteroatoms. The van der Waals surface area contributed by atoms with E-state index in [1.165, 1.54) is 60.7 Å². The average molecular weight is 974 g/mol. The number of benzene rings is 3. The first-order valence-corrected chi connectivity index (χ1v) is 20.9. The Morgan fingerprint density at radius 3 is 0.845 bits per heavy atom. The van der Waals surface area contributed by atoms with Crippen molar-refractivity contribution < 1.29 is 52.7 Å². The molecular formula is C52H23F12N7. The molecule has 8 bridgehead atoms. The summed E-state index contributed by atoms with van der Waals surface area (Å²) < 4.78 is 197. The van der Waals surface area contributed by atoms with E-state index in [4.69, 9.17) is 0 Å². The number of rotatable bonds is 6. The largest absolute Gasteiger partial charge is 0.354 e. The standard InChI is InChI=1S/C52H23F12N7/c53-41-35(23-7-1-4-18-65-23)42(54)48(60)38(47(41)59)32-26-12-10-21(68-26)22-11-13-27(69-22)33(39-49(61)43(55)36(44(56)50(39)62)24-8-2-5-19-66-24)29-15-17-31(71-29)34(30-16-14-28(32)70-30)40-51(63)45(57)37(46(58)52(40)64)25-9-3-6-20-67-25/h1-20,68,70-71H. The van der Waals surface area contributed by atoms with Crippen LogP contribution in [-0.4, -0.2) is 34.9 Å². The quantitative estimate of drug-likeness (QED) is 0.114. The Balaban J connectivity index is 1.30. The number of hydrogen-bond acceptors (Lipinski definition) is 4. The average Bonchev–Trinajstić information content (AvgIpc) is 4.24. The van der Waals surface area contributed by atoms with E-state index in [0.717, 1.165) is 61.1 Å². The van der Waals surface area contributed by atoms with Gasteiger partial charge in [-0.15, -0.1) is 0 Å². The van der Waals surface area contributed by atoms with Crippen LogP contribution in [0.3, 0.4) is 0 Å². The van der Waals surface area contributed by atoms with Gasteiger partial charge in [-0.05, 0) is 84.9 Å². The van der Waals surface area contributed by atoms with Crippen LogP contribution in [0.4, 0.5) is 52.7 Å². The minimum Gasteiger partial charge on any atom is -0.354 e. The van der Waals surface area contributed by atoms with Crippen LogP contribution in [0.25, 0.3) is 112 Å². The Bertz CT molecular complexity index is 3930. The second-order valence-corrected chi connectivity index (χ2v) is 15.9. The molecule has 71 heavy (non-hydrogen) atoms. The van der Waals surface area contributed by atoms with Crippen LogP contribution < -0.4 is 0 Å². The zero-order chi connectivity index (χ0) is 49.6. The molecule has 0 saturated carbocycles. The third kappa shape index (κ3) is 6.93. The fourth-order valence-electron chi connectivity index (χ4n) is 8.70. The minimum atomic E-state index is -2.01. The Labute approximate surface area is 389 Å². The van der Waals surface area contributed by atoms with E-state index in [1.807, 2.05) is 0 Å². The monoisotopic (exact) mass is 973 g/mol. The Kier molecular flexibility index (Phi) is 10.6. The maximum atomic E-state index is 16.8. The normalized spacial score (nSPS) is 11.9. The van der Waals surface area contributed by atoms with Crippen molar-refractivity contribution in [3.8, 4) is 67.2 Å². The molecule has 350 valence electrons. The molecule has 7 nitrogen and oxygen atoms in total. The van der Waals surface area contributed by atoms with Crippen molar-refractivity contribution >= 4 is 45.3 Å². The van der Waals surface area contributed by atoms with Crippen molar-refractivity contribution in [1.29, 1.82) is 0 Å². The number of aromatic amines is 3. The number of halogens is 12. The summed E-state index contributed by atoms with van der Waals surface area (Å²) in [6.07, 6.45) is 5.83. The van der Waals surface area contributed by atoms with Crippen molar-refractivity contribution in [2.24, 2.45) is 0 Å². The van der Waals surface area contributed by atoms with Crippen LogP contribution in [0.15, 0.2) is 110 Å². The third-order valence-corrected chi connectivity index (χ3v) is 11.9. The molecule has 1 aliphatic rings. The molecule has 0 saturated heterocycles. The van der Waals surface area contributed by atoms with Gasteiger partial charge in [-0.3, -0.25) is 15.0 Å². The Morgan fingerprint density at radius 2 is 0.521 bits per heavy atom. The molecule has 3 aromatic carbocycles. The van der Waals surface area contributed by atoms with E-state index >= 15 is 52.7 Å². The zero-order valence-corrected chi connectivity index (χ0v) is 35.4. The molecule has 0 radical (unpaired) electrons. The van der Waals surface area contributed by atoms with Crippen LogP contribution in [0, 0.1) is 69.8 Å². The predicted octanol–water partition coefficient (Wildman–Crippen LogP) is 14.6. The summed E-state index contributed by atoms with van der Waals surface area (Å²) in [5, 5.41) is 0. The molecule has 0 atom stereocenters. The van der Waals surface area contributed by atoms with Gasteiger partial charge in [-0.1, -0.05) is 18.2 Å². The van der Waals surface area contributed by atoms with Gasteiger partial charge in [0.25, 0.3) is 0 Å². The van der Waals surface area contributed by atoms with E-state index in [9.17, 15) is 0 Å². The zero-order valence-electron chi connectivity index (χ0n) is 35.4. The molecule has 10 aromatic rings. The highest BCUT2D eigenvalue weighted by atomic mass is 19.2. The van der Waals surface area contributed by atoms with Gasteiger partial charge in [0.2, 0.25) is 0 Å². The highest BCUT2D eigenvalue weighted by Crippen LogP contribution is 2.45. The molecule has 0 aliphatic carbocycles. The minimum absolute atomic E-state index is 0.00272. The van der Waals surface area contributed by atoms with Gasteiger partial charge < -0.3 is 15.0 Å². The van der Waals surface area contributed by atoms with Crippen molar-refractivity contribution in [3.05, 3.63) is 191 Å². The van der Waals surface area contributed by atoms with Crippen molar-refractivity contribution in [3.63, 3.8) is 0 Å². The second-order valence-electron chi connectivity index (χ2n) is 15.9. The van der Waals surface area contributed by atoms with E-state index < -0.39 is 165 Å². The molecule has 0 spiro atoms. The maximum Gasteiger partial charge on any atom is 0.172 e. The van der Waals surface area contributed by atoms with Crippen LogP contribution in [0.1, 0.15) is 11.4 Å². The fraction of sp³-hybridized carbons (Fsp3) is 0. The third-order valence-electron chi connectivity index (χ3n) is 11.9. The maximum absolute atomic E-state index is 16.8. The summed E-state index contributed by atoms with van der Waals surface area (Å²) in [5.41, 5.74) is -13.7. The second kappa shape index (κ2) is 16.9. The van der Waals surface area contributed by atoms with E-state index in [2.05, 4.69) is 34.9 Å². The molecule has 0 unspecified atom stereocenters. The fourth-order valence-corrected chi connectivity index (χ4v) is 8.70. The summed E-state index contributed by atoms with van der Waals surface area (Å²) in [6.45, 7) is 0. The SMILES string of the molecule is Fc1c(F)c(-c2c3nc(c4ccc([nH]4)c(-c4c(F)c(F)c(-c5ccccn5)c(F)c4F)c4ccc([nH]4)c(-c4c(F)c(F)c(-c5ccccn5)c(F)c4F)c4ccc2[nH]4)C=C3)c(F)c(F)c1-c1ccccn1. The van der Waals surface area contributed by atoms with Crippen LogP contribution in [0.2, 0.25) is 0 Å². The first-order valence-electron chi connectivity index (χ1n) is 20.9. The predicted molar refractivity (Wildman–Crippen MR) is 241 cm³/mol. The first kappa shape index (κ1) is 44.5. The van der Waals surface area contributed by atoms with E-state index in [-0.39, 0.29) is 16.7 Å². The van der Waals surface area contributed by atoms with Gasteiger partial charge in [-0.25, -0.2) is 57.7 Å². The molecule has 7 aromatic heterocycles. The summed E-state index contributed by atoms with van der Waals surface area (Å²) in [7, 11) is 0. The lowest BCUT2D eigenvalue weighted by atomic mass is 9.98. The Morgan fingerprint density at radius 1 is 0.254 bits per heavy atom. The van der Waals surface area contributed by atoms with Gasteiger partial charge >= 0.3 is 0 Å². The lowest BCUT2D eigenvalue weighted by Gasteiger charge is -2.13. The summed E-state index contributed by atoms with van der Waals surface area (Å²) in [5.74, 6) is -23.0. The van der Waals surface area contributed by atoms with Gasteiger partial charge in [0.15, 0.2) is 69.8 Å². The van der Waals surface area contributed by atoms with Gasteiger partial charge in [-0.2, -0.15) is 0 Å². The lowest BCUT2D eigenvalue weighted by molar-refractivity contribution is 0.462. The van der Waals surface area contributed by atoms with Crippen LogP contribution in [-0.2, 0) is 0 Å². The van der Waals surface area contributed by atoms with Gasteiger partial charge in [0, 0.05) is 62.9 Å². The number of nitrogens with zero attached hydrogens (tertiary/aromatic N) is 4. The number of aromatic nitrogens is 7. The topological polar surface area (TPSA) is 98.9 Å². The molecule has 0 fully saturated rings. The highest BCUT2D eigenvalue weighted by molar-refractivity contribution is 6.01. The molecule has 1 aliphatic heterocycles. The van der Waals surface area contributed by atoms with Crippen LogP contribution >= 0.6 is 0 Å². The van der Waals surface area contributed by atoms with E-state index in [0.29, 0.717) is 0 Å². The molecule has 11 rings (SSSR count). The van der Waals surface area contributed by atoms with Gasteiger partial charge in [0.05, 0.1) is 67.4 Å². The van der Waals surface area contributed by atoms with Crippen molar-refractivity contribution in [1.82, 2.24) is 34.9 Å². The summed E-state index contributed by atoms with van der Waals surface area (Å²) in [4.78, 5) is 24.2. The number of hydrogen-bond donors (Lipinski definition) is 3. The van der Waals surface area contributed by atoms with Crippen molar-refractivity contribution in [2.45, 2.75) is 0 Å². The van der Waals surface area contributed by atoms with Crippen LogP contribution in [0.5, 0.6) is 0 Å². The number of fused-ring (bicyclic) bond motifs is 9. The summed E-state index contributed by atoms with van der Waals surface area (Å²) in [6, 6.07) is 18.1.